The Bertz CT molecular complexity index is 1100. The molecule has 0 saturated carbocycles. The fourth-order valence-corrected chi connectivity index (χ4v) is 2.72. The monoisotopic (exact) mass is 609 g/mol. The number of benzene rings is 2. The normalized spacial score (nSPS) is 11.9. The molecule has 0 aliphatic heterocycles. The minimum Gasteiger partial charge on any atom is -0.512 e. The number of hydrogen-bond acceptors (Lipinski definition) is 3. The molecule has 173 valence electrons. The van der Waals surface area contributed by atoms with Crippen molar-refractivity contribution in [3.05, 3.63) is 77.6 Å². The molecule has 2 aromatic carbocycles. The largest absolute Gasteiger partial charge is 0.512 e. The van der Waals surface area contributed by atoms with Crippen LogP contribution in [-0.4, -0.2) is 15.9 Å². The van der Waals surface area contributed by atoms with Crippen LogP contribution in [0.15, 0.2) is 60.4 Å². The molecule has 1 N–H and O–H groups in total. The van der Waals surface area contributed by atoms with E-state index >= 15 is 0 Å². The van der Waals surface area contributed by atoms with Crippen LogP contribution in [0.25, 0.3) is 22.2 Å². The van der Waals surface area contributed by atoms with Crippen molar-refractivity contribution in [1.82, 2.24) is 4.98 Å². The quantitative estimate of drug-likeness (QED) is 0.187. The van der Waals surface area contributed by atoms with Gasteiger partial charge in [0.25, 0.3) is 0 Å². The molecule has 1 radical (unpaired) electrons. The first-order valence-electron chi connectivity index (χ1n) is 10.6. The fourth-order valence-electron chi connectivity index (χ4n) is 2.72. The number of rotatable bonds is 2. The smallest absolute Gasteiger partial charge is 0.164 e. The van der Waals surface area contributed by atoms with Gasteiger partial charge in [-0.15, -0.1) is 35.4 Å². The minimum atomic E-state index is -0.417. The molecule has 4 heteroatoms. The van der Waals surface area contributed by atoms with Crippen LogP contribution in [0.3, 0.4) is 0 Å². The predicted octanol–water partition coefficient (Wildman–Crippen LogP) is 7.41. The van der Waals surface area contributed by atoms with Gasteiger partial charge in [-0.25, -0.2) is 0 Å². The van der Waals surface area contributed by atoms with Gasteiger partial charge in [0.2, 0.25) is 0 Å². The Morgan fingerprint density at radius 3 is 2.16 bits per heavy atom. The summed E-state index contributed by atoms with van der Waals surface area (Å²) in [7, 11) is 0. The zero-order chi connectivity index (χ0) is 23.4. The molecule has 0 unspecified atom stereocenters. The Morgan fingerprint density at radius 1 is 0.969 bits per heavy atom. The number of aliphatic hydroxyl groups is 1. The van der Waals surface area contributed by atoms with E-state index in [2.05, 4.69) is 56.3 Å². The molecule has 3 aromatic rings. The number of aryl methyl sites for hydroxylation is 2. The van der Waals surface area contributed by atoms with Crippen molar-refractivity contribution in [1.29, 1.82) is 0 Å². The molecule has 32 heavy (non-hydrogen) atoms. The van der Waals surface area contributed by atoms with Crippen LogP contribution in [0, 0.1) is 30.7 Å². The molecule has 0 atom stereocenters. The van der Waals surface area contributed by atoms with Gasteiger partial charge in [-0.1, -0.05) is 72.7 Å². The van der Waals surface area contributed by atoms with Gasteiger partial charge in [-0.2, -0.15) is 0 Å². The second-order valence-electron chi connectivity index (χ2n) is 10.0. The van der Waals surface area contributed by atoms with Crippen LogP contribution in [0.2, 0.25) is 0 Å². The second kappa shape index (κ2) is 11.0. The van der Waals surface area contributed by atoms with Crippen molar-refractivity contribution in [2.75, 3.05) is 0 Å². The third-order valence-electron chi connectivity index (χ3n) is 4.94. The van der Waals surface area contributed by atoms with E-state index in [9.17, 15) is 9.90 Å². The van der Waals surface area contributed by atoms with Crippen molar-refractivity contribution >= 4 is 16.7 Å². The van der Waals surface area contributed by atoms with E-state index in [1.54, 1.807) is 0 Å². The second-order valence-corrected chi connectivity index (χ2v) is 10.0. The van der Waals surface area contributed by atoms with Gasteiger partial charge in [0.15, 0.2) is 5.78 Å². The fraction of sp³-hybridized carbons (Fsp3) is 0.357. The topological polar surface area (TPSA) is 50.2 Å². The van der Waals surface area contributed by atoms with Gasteiger partial charge >= 0.3 is 0 Å². The van der Waals surface area contributed by atoms with Crippen LogP contribution in [-0.2, 0) is 24.9 Å². The van der Waals surface area contributed by atoms with Crippen molar-refractivity contribution in [3.63, 3.8) is 0 Å². The average molecular weight is 609 g/mol. The first kappa shape index (κ1) is 27.7. The van der Waals surface area contributed by atoms with E-state index in [1.807, 2.05) is 53.7 Å². The van der Waals surface area contributed by atoms with Crippen LogP contribution < -0.4 is 0 Å². The predicted molar refractivity (Wildman–Crippen MR) is 130 cm³/mol. The zero-order valence-corrected chi connectivity index (χ0v) is 22.7. The molecule has 0 fully saturated rings. The van der Waals surface area contributed by atoms with Gasteiger partial charge in [0, 0.05) is 37.0 Å². The third-order valence-corrected chi connectivity index (χ3v) is 4.94. The first-order chi connectivity index (χ1) is 14.3. The van der Waals surface area contributed by atoms with Crippen molar-refractivity contribution in [3.8, 4) is 11.3 Å². The maximum atomic E-state index is 11.5. The number of ketones is 1. The summed E-state index contributed by atoms with van der Waals surface area (Å²) >= 11 is 0. The molecular formula is C28H34IrNO2-. The van der Waals surface area contributed by atoms with Gasteiger partial charge in [0.1, 0.15) is 5.76 Å². The molecule has 3 nitrogen and oxygen atoms in total. The third kappa shape index (κ3) is 7.69. The first-order valence-corrected chi connectivity index (χ1v) is 10.6. The maximum absolute atomic E-state index is 11.5. The van der Waals surface area contributed by atoms with E-state index in [0.717, 1.165) is 16.8 Å². The summed E-state index contributed by atoms with van der Waals surface area (Å²) in [6.07, 6.45) is 1.33. The molecule has 1 heterocycles. The van der Waals surface area contributed by atoms with Crippen LogP contribution >= 0.6 is 0 Å². The number of allylic oxidation sites excluding steroid dienone is 2. The number of fused-ring (bicyclic) bond motifs is 1. The van der Waals surface area contributed by atoms with Crippen molar-refractivity contribution in [2.45, 2.75) is 55.4 Å². The Kier molecular flexibility index (Phi) is 9.56. The molecule has 0 saturated heterocycles. The SMILES string of the molecule is CC(C)(C)C(=O)/C=C(\O)C(C)(C)C.Cc1ccc2ccc(-c3[c-]cccc3C)nc2c1.[Ir]. The summed E-state index contributed by atoms with van der Waals surface area (Å²) in [5.74, 6) is 0.104. The molecule has 3 rings (SSSR count). The Hall–Kier alpha value is -2.29. The van der Waals surface area contributed by atoms with Crippen molar-refractivity contribution < 1.29 is 30.0 Å². The summed E-state index contributed by atoms with van der Waals surface area (Å²) < 4.78 is 0. The number of pyridine rings is 1. The van der Waals surface area contributed by atoms with E-state index in [1.165, 1.54) is 22.6 Å². The number of aliphatic hydroxyl groups excluding tert-OH is 1. The van der Waals surface area contributed by atoms with E-state index < -0.39 is 5.41 Å². The average Bonchev–Trinajstić information content (AvgIpc) is 2.66. The number of hydrogen-bond donors (Lipinski definition) is 1. The standard InChI is InChI=1S/C17H14N.C11H20O2.Ir/c1-12-7-8-14-9-10-16(18-17(14)11-12)15-6-4-3-5-13(15)2;1-10(2,3)8(12)7-9(13)11(4,5)6;/h3-5,7-11H,1-2H3;7,12H,1-6H3;/q-1;;/b;8-7-;. The number of carbonyl (C=O) groups excluding carboxylic acids is 1. The minimum absolute atomic E-state index is 0. The summed E-state index contributed by atoms with van der Waals surface area (Å²) in [5, 5.41) is 10.7. The number of aromatic nitrogens is 1. The summed E-state index contributed by atoms with van der Waals surface area (Å²) in [6, 6.07) is 19.8. The summed E-state index contributed by atoms with van der Waals surface area (Å²) in [6.45, 7) is 15.3. The number of carbonyl (C=O) groups is 1. The summed E-state index contributed by atoms with van der Waals surface area (Å²) in [5.41, 5.74) is 4.80. The molecule has 0 aliphatic rings. The van der Waals surface area contributed by atoms with Crippen molar-refractivity contribution in [2.24, 2.45) is 10.8 Å². The number of nitrogens with zero attached hydrogens (tertiary/aromatic N) is 1. The Morgan fingerprint density at radius 2 is 1.59 bits per heavy atom. The Balaban J connectivity index is 0.000000330. The molecule has 0 amide bonds. The van der Waals surface area contributed by atoms with E-state index in [-0.39, 0.29) is 37.1 Å². The molecule has 1 aromatic heterocycles. The molecule has 0 spiro atoms. The molecular weight excluding hydrogens is 575 g/mol. The molecule has 0 aliphatic carbocycles. The van der Waals surface area contributed by atoms with Crippen LogP contribution in [0.4, 0.5) is 0 Å². The van der Waals surface area contributed by atoms with Gasteiger partial charge in [-0.05, 0) is 29.6 Å². The maximum Gasteiger partial charge on any atom is 0.164 e. The van der Waals surface area contributed by atoms with Gasteiger partial charge in [0.05, 0.1) is 5.52 Å². The van der Waals surface area contributed by atoms with E-state index in [0.29, 0.717) is 0 Å². The zero-order valence-electron chi connectivity index (χ0n) is 20.3. The Labute approximate surface area is 206 Å². The van der Waals surface area contributed by atoms with Crippen LogP contribution in [0.5, 0.6) is 0 Å². The van der Waals surface area contributed by atoms with Crippen LogP contribution in [0.1, 0.15) is 52.7 Å². The van der Waals surface area contributed by atoms with E-state index in [4.69, 9.17) is 4.98 Å². The molecule has 0 bridgehead atoms. The summed E-state index contributed by atoms with van der Waals surface area (Å²) in [4.78, 5) is 16.2. The van der Waals surface area contributed by atoms with Gasteiger partial charge in [-0.3, -0.25) is 9.78 Å². The van der Waals surface area contributed by atoms with Gasteiger partial charge < -0.3 is 5.11 Å².